The molecule has 2 aromatic rings. The van der Waals surface area contributed by atoms with Gasteiger partial charge in [-0.1, -0.05) is 11.2 Å². The summed E-state index contributed by atoms with van der Waals surface area (Å²) in [6, 6.07) is 4.34. The molecule has 0 aliphatic heterocycles. The number of aliphatic hydroxyl groups is 1. The summed E-state index contributed by atoms with van der Waals surface area (Å²) in [5.41, 5.74) is 0.555. The lowest BCUT2D eigenvalue weighted by Crippen LogP contribution is -2.24. The van der Waals surface area contributed by atoms with Crippen LogP contribution in [0.3, 0.4) is 0 Å². The molecule has 9 heteroatoms. The van der Waals surface area contributed by atoms with E-state index in [0.717, 1.165) is 0 Å². The van der Waals surface area contributed by atoms with Crippen LogP contribution in [0.25, 0.3) is 0 Å². The zero-order valence-corrected chi connectivity index (χ0v) is 12.3. The van der Waals surface area contributed by atoms with Gasteiger partial charge in [-0.15, -0.1) is 0 Å². The number of nitrogens with zero attached hydrogens (tertiary/aromatic N) is 2. The maximum atomic E-state index is 12.3. The summed E-state index contributed by atoms with van der Waals surface area (Å²) in [4.78, 5) is 3.88. The molecule has 0 radical (unpaired) electrons. The quantitative estimate of drug-likeness (QED) is 0.791. The number of aromatic nitrogens is 2. The molecule has 1 aromatic heterocycles. The lowest BCUT2D eigenvalue weighted by Gasteiger charge is -2.10. The Hall–Kier alpha value is -1.97. The van der Waals surface area contributed by atoms with E-state index in [0.29, 0.717) is 11.5 Å². The summed E-state index contributed by atoms with van der Waals surface area (Å²) in [5.74, 6) is 0.745. The Balaban J connectivity index is 2.22. The fourth-order valence-electron chi connectivity index (χ4n) is 1.68. The third-order valence-electron chi connectivity index (χ3n) is 2.69. The van der Waals surface area contributed by atoms with Crippen molar-refractivity contribution in [2.24, 2.45) is 0 Å². The molecule has 1 heterocycles. The first-order valence-electron chi connectivity index (χ1n) is 6.03. The van der Waals surface area contributed by atoms with Crippen molar-refractivity contribution in [2.45, 2.75) is 25.0 Å². The molecule has 0 saturated carbocycles. The highest BCUT2D eigenvalue weighted by atomic mass is 32.2. The smallest absolute Gasteiger partial charge is 0.244 e. The van der Waals surface area contributed by atoms with Gasteiger partial charge in [0.1, 0.15) is 10.6 Å². The number of benzene rings is 1. The summed E-state index contributed by atoms with van der Waals surface area (Å²) in [7, 11) is -2.44. The molecule has 114 valence electrons. The average molecular weight is 313 g/mol. The van der Waals surface area contributed by atoms with E-state index in [1.165, 1.54) is 25.3 Å². The van der Waals surface area contributed by atoms with Gasteiger partial charge in [0.2, 0.25) is 15.9 Å². The van der Waals surface area contributed by atoms with Crippen molar-refractivity contribution in [3.8, 4) is 5.75 Å². The Morgan fingerprint density at radius 3 is 2.76 bits per heavy atom. The van der Waals surface area contributed by atoms with Gasteiger partial charge in [-0.3, -0.25) is 0 Å². The zero-order valence-electron chi connectivity index (χ0n) is 11.5. The van der Waals surface area contributed by atoms with Crippen LogP contribution in [0.4, 0.5) is 0 Å². The van der Waals surface area contributed by atoms with Gasteiger partial charge in [0.15, 0.2) is 5.82 Å². The van der Waals surface area contributed by atoms with Crippen LogP contribution in [-0.4, -0.2) is 30.8 Å². The summed E-state index contributed by atoms with van der Waals surface area (Å²) in [6.45, 7) is 1.32. The highest BCUT2D eigenvalue weighted by Crippen LogP contribution is 2.25. The van der Waals surface area contributed by atoms with Crippen molar-refractivity contribution in [1.82, 2.24) is 14.9 Å². The summed E-state index contributed by atoms with van der Waals surface area (Å²) in [5, 5.41) is 12.7. The number of sulfonamides is 1. The molecule has 2 rings (SSSR count). The second-order valence-electron chi connectivity index (χ2n) is 4.20. The van der Waals surface area contributed by atoms with Crippen LogP contribution in [0, 0.1) is 6.92 Å². The van der Waals surface area contributed by atoms with Crippen LogP contribution in [0.5, 0.6) is 5.75 Å². The predicted octanol–water partition coefficient (Wildman–Crippen LogP) is 0.357. The fraction of sp³-hybridized carbons (Fsp3) is 0.333. The van der Waals surface area contributed by atoms with E-state index in [9.17, 15) is 8.42 Å². The molecule has 0 aliphatic carbocycles. The number of aliphatic hydroxyl groups excluding tert-OH is 1. The van der Waals surface area contributed by atoms with E-state index >= 15 is 0 Å². The first-order chi connectivity index (χ1) is 9.96. The minimum Gasteiger partial charge on any atom is -0.495 e. The van der Waals surface area contributed by atoms with Crippen molar-refractivity contribution >= 4 is 10.0 Å². The highest BCUT2D eigenvalue weighted by Gasteiger charge is 2.20. The molecule has 1 aromatic carbocycles. The average Bonchev–Trinajstić information content (AvgIpc) is 2.90. The molecule has 0 fully saturated rings. The lowest BCUT2D eigenvalue weighted by molar-refractivity contribution is 0.280. The molecule has 0 unspecified atom stereocenters. The van der Waals surface area contributed by atoms with Gasteiger partial charge in [0, 0.05) is 6.92 Å². The SMILES string of the molecule is COc1cc(CO)ccc1S(=O)(=O)NCc1noc(C)n1. The second kappa shape index (κ2) is 6.20. The zero-order chi connectivity index (χ0) is 15.5. The minimum absolute atomic E-state index is 0.0255. The van der Waals surface area contributed by atoms with Gasteiger partial charge >= 0.3 is 0 Å². The van der Waals surface area contributed by atoms with Crippen LogP contribution >= 0.6 is 0 Å². The van der Waals surface area contributed by atoms with E-state index in [1.807, 2.05) is 0 Å². The summed E-state index contributed by atoms with van der Waals surface area (Å²) >= 11 is 0. The molecule has 0 saturated heterocycles. The molecule has 0 aliphatic rings. The maximum absolute atomic E-state index is 12.3. The van der Waals surface area contributed by atoms with Gasteiger partial charge in [0.25, 0.3) is 0 Å². The van der Waals surface area contributed by atoms with E-state index in [4.69, 9.17) is 14.4 Å². The Bertz CT molecular complexity index is 726. The van der Waals surface area contributed by atoms with Gasteiger partial charge in [-0.05, 0) is 17.7 Å². The Kier molecular flexibility index (Phi) is 4.56. The van der Waals surface area contributed by atoms with Gasteiger partial charge < -0.3 is 14.4 Å². The number of ether oxygens (including phenoxy) is 1. The fourth-order valence-corrected chi connectivity index (χ4v) is 2.81. The second-order valence-corrected chi connectivity index (χ2v) is 5.93. The van der Waals surface area contributed by atoms with Crippen LogP contribution in [0.15, 0.2) is 27.6 Å². The lowest BCUT2D eigenvalue weighted by atomic mass is 10.2. The monoisotopic (exact) mass is 313 g/mol. The number of aryl methyl sites for hydroxylation is 1. The summed E-state index contributed by atoms with van der Waals surface area (Å²) in [6.07, 6.45) is 0. The molecule has 0 atom stereocenters. The largest absolute Gasteiger partial charge is 0.495 e. The van der Waals surface area contributed by atoms with E-state index in [-0.39, 0.29) is 29.6 Å². The minimum atomic E-state index is -3.80. The number of methoxy groups -OCH3 is 1. The first-order valence-corrected chi connectivity index (χ1v) is 7.51. The van der Waals surface area contributed by atoms with Crippen molar-refractivity contribution in [2.75, 3.05) is 7.11 Å². The molecule has 2 N–H and O–H groups in total. The van der Waals surface area contributed by atoms with Crippen LogP contribution < -0.4 is 9.46 Å². The molecule has 8 nitrogen and oxygen atoms in total. The molecular weight excluding hydrogens is 298 g/mol. The number of nitrogens with one attached hydrogen (secondary N) is 1. The predicted molar refractivity (Wildman–Crippen MR) is 72.0 cm³/mol. The molecule has 0 bridgehead atoms. The standard InChI is InChI=1S/C12H15N3O5S/c1-8-14-12(15-20-8)6-13-21(17,18)11-4-3-9(7-16)5-10(11)19-2/h3-5,13,16H,6-7H2,1-2H3. The van der Waals surface area contributed by atoms with E-state index in [2.05, 4.69) is 14.9 Å². The van der Waals surface area contributed by atoms with E-state index in [1.54, 1.807) is 6.92 Å². The third kappa shape index (κ3) is 3.57. The van der Waals surface area contributed by atoms with Gasteiger partial charge in [-0.2, -0.15) is 4.98 Å². The van der Waals surface area contributed by atoms with Crippen LogP contribution in [0.1, 0.15) is 17.3 Å². The number of hydrogen-bond donors (Lipinski definition) is 2. The first kappa shape index (κ1) is 15.4. The molecule has 0 amide bonds. The highest BCUT2D eigenvalue weighted by molar-refractivity contribution is 7.89. The molecule has 0 spiro atoms. The van der Waals surface area contributed by atoms with Gasteiger partial charge in [0.05, 0.1) is 20.3 Å². The Labute approximate surface area is 121 Å². The number of hydrogen-bond acceptors (Lipinski definition) is 7. The van der Waals surface area contributed by atoms with Crippen molar-refractivity contribution in [3.05, 3.63) is 35.5 Å². The topological polar surface area (TPSA) is 115 Å². The van der Waals surface area contributed by atoms with E-state index < -0.39 is 10.0 Å². The van der Waals surface area contributed by atoms with Crippen LogP contribution in [0.2, 0.25) is 0 Å². The number of rotatable bonds is 6. The van der Waals surface area contributed by atoms with Crippen molar-refractivity contribution in [1.29, 1.82) is 0 Å². The molecular formula is C12H15N3O5S. The maximum Gasteiger partial charge on any atom is 0.244 e. The summed E-state index contributed by atoms with van der Waals surface area (Å²) < 4.78 is 36.7. The third-order valence-corrected chi connectivity index (χ3v) is 4.13. The van der Waals surface area contributed by atoms with Crippen molar-refractivity contribution < 1.29 is 22.8 Å². The van der Waals surface area contributed by atoms with Crippen LogP contribution in [-0.2, 0) is 23.2 Å². The van der Waals surface area contributed by atoms with Crippen molar-refractivity contribution in [3.63, 3.8) is 0 Å². The Morgan fingerprint density at radius 2 is 2.19 bits per heavy atom. The Morgan fingerprint density at radius 1 is 1.43 bits per heavy atom. The van der Waals surface area contributed by atoms with Gasteiger partial charge in [-0.25, -0.2) is 13.1 Å². The molecule has 21 heavy (non-hydrogen) atoms. The normalized spacial score (nSPS) is 11.6.